The van der Waals surface area contributed by atoms with Gasteiger partial charge in [0.2, 0.25) is 5.91 Å². The van der Waals surface area contributed by atoms with Crippen molar-refractivity contribution in [3.8, 4) is 11.1 Å². The Kier molecular flexibility index (Phi) is 6.09. The summed E-state index contributed by atoms with van der Waals surface area (Å²) in [5.41, 5.74) is 1.52. The lowest BCUT2D eigenvalue weighted by atomic mass is 9.93. The van der Waals surface area contributed by atoms with Crippen LogP contribution in [0.25, 0.3) is 21.3 Å². The van der Waals surface area contributed by atoms with Crippen molar-refractivity contribution in [1.29, 1.82) is 0 Å². The number of fused-ring (bicyclic) bond motifs is 1. The summed E-state index contributed by atoms with van der Waals surface area (Å²) < 4.78 is 25.7. The van der Waals surface area contributed by atoms with E-state index in [1.165, 1.54) is 22.2 Å². The Hall–Kier alpha value is -2.52. The zero-order valence-corrected chi connectivity index (χ0v) is 20.0. The molecule has 1 atom stereocenters. The third-order valence-electron chi connectivity index (χ3n) is 6.81. The summed E-state index contributed by atoms with van der Waals surface area (Å²) in [4.78, 5) is 33.8. The molecule has 1 saturated heterocycles. The first kappa shape index (κ1) is 22.3. The molecule has 1 saturated carbocycles. The number of rotatable bonds is 5. The molecule has 5 rings (SSSR count). The van der Waals surface area contributed by atoms with E-state index in [0.717, 1.165) is 43.2 Å². The maximum atomic E-state index is 13.5. The van der Waals surface area contributed by atoms with Gasteiger partial charge in [0.05, 0.1) is 23.2 Å². The number of hydrogen-bond donors (Lipinski definition) is 0. The molecule has 9 heteroatoms. The average Bonchev–Trinajstić information content (AvgIpc) is 3.41. The Morgan fingerprint density at radius 1 is 1.09 bits per heavy atom. The van der Waals surface area contributed by atoms with E-state index >= 15 is 0 Å². The number of benzene rings is 1. The predicted molar refractivity (Wildman–Crippen MR) is 130 cm³/mol. The highest BCUT2D eigenvalue weighted by Gasteiger charge is 2.38. The van der Waals surface area contributed by atoms with Crippen molar-refractivity contribution in [3.63, 3.8) is 0 Å². The van der Waals surface area contributed by atoms with Gasteiger partial charge in [-0.3, -0.25) is 14.2 Å². The standard InChI is InChI=1S/C24H27N3O4S2/c28-21(27(18-9-5-2-6-10-18)19-11-12-33(30,31)15-19)13-26-16-25-23-22(24(26)29)20(14-32-23)17-7-3-1-4-8-17/h1,3-4,7-8,14,16,18-19H,2,5-6,9-13,15H2. The van der Waals surface area contributed by atoms with Crippen molar-refractivity contribution in [2.45, 2.75) is 57.2 Å². The second kappa shape index (κ2) is 9.02. The minimum atomic E-state index is -3.12. The number of sulfone groups is 1. The first-order valence-corrected chi connectivity index (χ1v) is 14.2. The first-order chi connectivity index (χ1) is 15.9. The topological polar surface area (TPSA) is 89.3 Å². The first-order valence-electron chi connectivity index (χ1n) is 11.5. The minimum absolute atomic E-state index is 0.0180. The molecule has 3 aromatic rings. The number of nitrogens with zero attached hydrogens (tertiary/aromatic N) is 3. The largest absolute Gasteiger partial charge is 0.334 e. The maximum Gasteiger partial charge on any atom is 0.263 e. The van der Waals surface area contributed by atoms with Gasteiger partial charge in [0, 0.05) is 23.0 Å². The summed E-state index contributed by atoms with van der Waals surface area (Å²) in [6.07, 6.45) is 6.90. The highest BCUT2D eigenvalue weighted by Crippen LogP contribution is 2.31. The SMILES string of the molecule is O=C(Cn1cnc2scc(-c3ccccc3)c2c1=O)N(C1CCCCC1)C1CCS(=O)(=O)C1. The summed E-state index contributed by atoms with van der Waals surface area (Å²) in [5.74, 6) is -0.0510. The van der Waals surface area contributed by atoms with Gasteiger partial charge in [0.15, 0.2) is 9.84 Å². The van der Waals surface area contributed by atoms with Crippen molar-refractivity contribution >= 4 is 37.3 Å². The van der Waals surface area contributed by atoms with Crippen LogP contribution in [0, 0.1) is 0 Å². The fraction of sp³-hybridized carbons (Fsp3) is 0.458. The number of aromatic nitrogens is 2. The van der Waals surface area contributed by atoms with E-state index in [2.05, 4.69) is 4.98 Å². The second-order valence-corrected chi connectivity index (χ2v) is 12.1. The van der Waals surface area contributed by atoms with E-state index in [1.54, 1.807) is 4.90 Å². The lowest BCUT2D eigenvalue weighted by molar-refractivity contribution is -0.137. The Bertz CT molecular complexity index is 1320. The third-order valence-corrected chi connectivity index (χ3v) is 9.45. The number of hydrogen-bond acceptors (Lipinski definition) is 6. The van der Waals surface area contributed by atoms with Crippen molar-refractivity contribution in [3.05, 3.63) is 52.4 Å². The summed E-state index contributed by atoms with van der Waals surface area (Å²) >= 11 is 1.41. The molecule has 1 aliphatic heterocycles. The number of thiophene rings is 1. The zero-order valence-electron chi connectivity index (χ0n) is 18.4. The van der Waals surface area contributed by atoms with Crippen LogP contribution in [0.3, 0.4) is 0 Å². The van der Waals surface area contributed by atoms with E-state index < -0.39 is 9.84 Å². The van der Waals surface area contributed by atoms with E-state index in [9.17, 15) is 18.0 Å². The summed E-state index contributed by atoms with van der Waals surface area (Å²) in [5, 5.41) is 2.45. The van der Waals surface area contributed by atoms with E-state index in [0.29, 0.717) is 16.6 Å². The van der Waals surface area contributed by atoms with Crippen molar-refractivity contribution in [2.75, 3.05) is 11.5 Å². The summed E-state index contributed by atoms with van der Waals surface area (Å²) in [6.45, 7) is -0.126. The minimum Gasteiger partial charge on any atom is -0.334 e. The highest BCUT2D eigenvalue weighted by molar-refractivity contribution is 7.91. The number of carbonyl (C=O) groups is 1. The molecule has 174 valence electrons. The second-order valence-electron chi connectivity index (χ2n) is 9.02. The van der Waals surface area contributed by atoms with Crippen molar-refractivity contribution in [2.24, 2.45) is 0 Å². The molecular weight excluding hydrogens is 458 g/mol. The molecule has 3 heterocycles. The van der Waals surface area contributed by atoms with Gasteiger partial charge in [-0.15, -0.1) is 11.3 Å². The van der Waals surface area contributed by atoms with Gasteiger partial charge in [-0.1, -0.05) is 49.6 Å². The van der Waals surface area contributed by atoms with Crippen LogP contribution in [0.1, 0.15) is 38.5 Å². The van der Waals surface area contributed by atoms with E-state index in [4.69, 9.17) is 0 Å². The molecule has 2 aliphatic rings. The van der Waals surface area contributed by atoms with Gasteiger partial charge >= 0.3 is 0 Å². The molecule has 0 spiro atoms. The fourth-order valence-corrected chi connectivity index (χ4v) is 7.82. The van der Waals surface area contributed by atoms with Crippen LogP contribution in [0.5, 0.6) is 0 Å². The highest BCUT2D eigenvalue weighted by atomic mass is 32.2. The molecule has 0 N–H and O–H groups in total. The van der Waals surface area contributed by atoms with E-state index in [1.807, 2.05) is 35.7 Å². The molecule has 0 radical (unpaired) electrons. The summed E-state index contributed by atoms with van der Waals surface area (Å²) in [7, 11) is -3.12. The molecule has 1 aromatic carbocycles. The van der Waals surface area contributed by atoms with Gasteiger partial charge in [-0.2, -0.15) is 0 Å². The zero-order chi connectivity index (χ0) is 23.0. The van der Waals surface area contributed by atoms with Gasteiger partial charge in [-0.25, -0.2) is 13.4 Å². The average molecular weight is 486 g/mol. The monoisotopic (exact) mass is 485 g/mol. The quantitative estimate of drug-likeness (QED) is 0.552. The van der Waals surface area contributed by atoms with Crippen LogP contribution in [-0.4, -0.2) is 52.4 Å². The molecule has 2 fully saturated rings. The van der Waals surface area contributed by atoms with Gasteiger partial charge in [-0.05, 0) is 24.8 Å². The van der Waals surface area contributed by atoms with Crippen LogP contribution in [0.15, 0.2) is 46.8 Å². The molecule has 33 heavy (non-hydrogen) atoms. The van der Waals surface area contributed by atoms with Crippen LogP contribution in [0.4, 0.5) is 0 Å². The molecule has 1 amide bonds. The maximum absolute atomic E-state index is 13.5. The lowest BCUT2D eigenvalue weighted by Gasteiger charge is -2.38. The number of amides is 1. The Morgan fingerprint density at radius 3 is 2.55 bits per heavy atom. The third kappa shape index (κ3) is 4.48. The van der Waals surface area contributed by atoms with Crippen LogP contribution >= 0.6 is 11.3 Å². The van der Waals surface area contributed by atoms with Crippen molar-refractivity contribution in [1.82, 2.24) is 14.5 Å². The molecule has 2 aromatic heterocycles. The smallest absolute Gasteiger partial charge is 0.263 e. The molecule has 0 bridgehead atoms. The molecule has 7 nitrogen and oxygen atoms in total. The van der Waals surface area contributed by atoms with Gasteiger partial charge < -0.3 is 4.90 Å². The normalized spacial score (nSPS) is 20.8. The Labute approximate surface area is 197 Å². The lowest BCUT2D eigenvalue weighted by Crippen LogP contribution is -2.50. The molecule has 1 aliphatic carbocycles. The molecule has 1 unspecified atom stereocenters. The Balaban J connectivity index is 1.47. The predicted octanol–water partition coefficient (Wildman–Crippen LogP) is 3.47. The summed E-state index contributed by atoms with van der Waals surface area (Å²) in [6, 6.07) is 9.42. The molecular formula is C24H27N3O4S2. The van der Waals surface area contributed by atoms with Gasteiger partial charge in [0.25, 0.3) is 5.56 Å². The van der Waals surface area contributed by atoms with Gasteiger partial charge in [0.1, 0.15) is 11.4 Å². The van der Waals surface area contributed by atoms with Crippen LogP contribution < -0.4 is 5.56 Å². The fourth-order valence-electron chi connectivity index (χ4n) is 5.20. The van der Waals surface area contributed by atoms with Crippen LogP contribution in [-0.2, 0) is 21.2 Å². The van der Waals surface area contributed by atoms with Crippen molar-refractivity contribution < 1.29 is 13.2 Å². The Morgan fingerprint density at radius 2 is 1.85 bits per heavy atom. The van der Waals surface area contributed by atoms with E-state index in [-0.39, 0.29) is 41.6 Å². The van der Waals surface area contributed by atoms with Crippen LogP contribution in [0.2, 0.25) is 0 Å². The number of carbonyl (C=O) groups excluding carboxylic acids is 1.